The maximum Gasteiger partial charge on any atom is 0.119 e. The van der Waals surface area contributed by atoms with Gasteiger partial charge in [0.25, 0.3) is 0 Å². The number of methoxy groups -OCH3 is 1. The van der Waals surface area contributed by atoms with Crippen LogP contribution >= 0.6 is 0 Å². The molecule has 0 fully saturated rings. The number of ether oxygens (including phenoxy) is 2. The molecule has 0 atom stereocenters. The zero-order valence-corrected chi connectivity index (χ0v) is 9.86. The number of benzene rings is 1. The topological polar surface area (TPSA) is 39.7 Å². The molecule has 0 aliphatic rings. The zero-order valence-electron chi connectivity index (χ0n) is 9.86. The molecule has 0 amide bonds. The minimum atomic E-state index is 0.549. The molecule has 1 rings (SSSR count). The van der Waals surface area contributed by atoms with Crippen LogP contribution in [0.25, 0.3) is 0 Å². The minimum absolute atomic E-state index is 0.549. The lowest BCUT2D eigenvalue weighted by molar-refractivity contribution is 0.00346. The molecule has 0 aliphatic heterocycles. The monoisotopic (exact) mass is 225 g/mol. The van der Waals surface area contributed by atoms with E-state index in [1.165, 1.54) is 0 Å². The summed E-state index contributed by atoms with van der Waals surface area (Å²) in [6.07, 6.45) is 0. The van der Waals surface area contributed by atoms with Crippen LogP contribution in [0.15, 0.2) is 24.3 Å². The lowest BCUT2D eigenvalue weighted by Gasteiger charge is -2.07. The summed E-state index contributed by atoms with van der Waals surface area (Å²) in [5, 5.41) is 0. The highest BCUT2D eigenvalue weighted by molar-refractivity contribution is 5.26. The number of nitrogens with one attached hydrogen (secondary N) is 1. The fourth-order valence-corrected chi connectivity index (χ4v) is 1.20. The van der Waals surface area contributed by atoms with Gasteiger partial charge in [-0.2, -0.15) is 5.48 Å². The summed E-state index contributed by atoms with van der Waals surface area (Å²) < 4.78 is 10.2. The van der Waals surface area contributed by atoms with Gasteiger partial charge in [0.2, 0.25) is 0 Å². The summed E-state index contributed by atoms with van der Waals surface area (Å²) in [6, 6.07) is 7.93. The van der Waals surface area contributed by atoms with Crippen LogP contribution in [0, 0.1) is 0 Å². The maximum atomic E-state index is 5.35. The van der Waals surface area contributed by atoms with Gasteiger partial charge in [-0.1, -0.05) is 12.1 Å². The summed E-state index contributed by atoms with van der Waals surface area (Å²) in [7, 11) is 1.65. The van der Waals surface area contributed by atoms with Crippen LogP contribution in [0.3, 0.4) is 0 Å². The lowest BCUT2D eigenvalue weighted by Crippen LogP contribution is -2.17. The summed E-state index contributed by atoms with van der Waals surface area (Å²) >= 11 is 0. The van der Waals surface area contributed by atoms with E-state index in [4.69, 9.17) is 14.3 Å². The third kappa shape index (κ3) is 5.11. The van der Waals surface area contributed by atoms with Gasteiger partial charge in [-0.15, -0.1) is 0 Å². The fraction of sp³-hybridized carbons (Fsp3) is 0.500. The molecule has 0 bridgehead atoms. The average Bonchev–Trinajstić information content (AvgIpc) is 2.31. The molecule has 0 heterocycles. The van der Waals surface area contributed by atoms with Gasteiger partial charge in [0, 0.05) is 13.7 Å². The van der Waals surface area contributed by atoms with Gasteiger partial charge >= 0.3 is 0 Å². The van der Waals surface area contributed by atoms with Crippen LogP contribution < -0.4 is 10.2 Å². The molecule has 0 aromatic heterocycles. The van der Waals surface area contributed by atoms with E-state index < -0.39 is 0 Å². The first kappa shape index (κ1) is 13.0. The van der Waals surface area contributed by atoms with Crippen LogP contribution in [0.1, 0.15) is 12.5 Å². The van der Waals surface area contributed by atoms with Gasteiger partial charge in [0.1, 0.15) is 5.75 Å². The van der Waals surface area contributed by atoms with Gasteiger partial charge < -0.3 is 9.47 Å². The Hall–Kier alpha value is -1.10. The summed E-state index contributed by atoms with van der Waals surface area (Å²) in [4.78, 5) is 5.15. The van der Waals surface area contributed by atoms with E-state index in [1.54, 1.807) is 7.11 Å². The van der Waals surface area contributed by atoms with Crippen LogP contribution in [0.5, 0.6) is 5.75 Å². The highest BCUT2D eigenvalue weighted by Crippen LogP contribution is 2.11. The van der Waals surface area contributed by atoms with Gasteiger partial charge in [0.15, 0.2) is 0 Å². The van der Waals surface area contributed by atoms with E-state index in [0.717, 1.165) is 11.3 Å². The Bertz CT molecular complexity index is 274. The Kier molecular flexibility index (Phi) is 6.56. The summed E-state index contributed by atoms with van der Waals surface area (Å²) in [5.41, 5.74) is 4.02. The summed E-state index contributed by atoms with van der Waals surface area (Å²) in [5.74, 6) is 0.895. The Morgan fingerprint density at radius 3 is 2.50 bits per heavy atom. The fourth-order valence-electron chi connectivity index (χ4n) is 1.20. The third-order valence-electron chi connectivity index (χ3n) is 2.00. The van der Waals surface area contributed by atoms with E-state index in [1.807, 2.05) is 31.2 Å². The van der Waals surface area contributed by atoms with Crippen molar-refractivity contribution in [3.8, 4) is 5.75 Å². The Balaban J connectivity index is 2.21. The molecule has 1 aromatic rings. The minimum Gasteiger partial charge on any atom is -0.494 e. The normalized spacial score (nSPS) is 10.4. The number of rotatable bonds is 8. The van der Waals surface area contributed by atoms with E-state index in [-0.39, 0.29) is 0 Å². The predicted molar refractivity (Wildman–Crippen MR) is 62.3 cm³/mol. The lowest BCUT2D eigenvalue weighted by atomic mass is 10.2. The second-order valence-corrected chi connectivity index (χ2v) is 3.24. The molecule has 0 radical (unpaired) electrons. The van der Waals surface area contributed by atoms with Crippen molar-refractivity contribution in [2.24, 2.45) is 0 Å². The van der Waals surface area contributed by atoms with Crippen molar-refractivity contribution in [3.05, 3.63) is 29.8 Å². The van der Waals surface area contributed by atoms with Crippen LogP contribution in [-0.4, -0.2) is 26.9 Å². The van der Waals surface area contributed by atoms with E-state index >= 15 is 0 Å². The Labute approximate surface area is 96.5 Å². The molecule has 0 unspecified atom stereocenters. The molecule has 4 heteroatoms. The largest absolute Gasteiger partial charge is 0.494 e. The number of hydrogen-bond acceptors (Lipinski definition) is 4. The van der Waals surface area contributed by atoms with Crippen molar-refractivity contribution in [1.29, 1.82) is 0 Å². The average molecular weight is 225 g/mol. The first-order valence-electron chi connectivity index (χ1n) is 5.42. The predicted octanol–water partition coefficient (Wildman–Crippen LogP) is 1.75. The second kappa shape index (κ2) is 8.10. The molecule has 1 N–H and O–H groups in total. The molecule has 0 aliphatic carbocycles. The highest BCUT2D eigenvalue weighted by atomic mass is 16.7. The van der Waals surface area contributed by atoms with Crippen molar-refractivity contribution in [3.63, 3.8) is 0 Å². The van der Waals surface area contributed by atoms with Crippen LogP contribution in [-0.2, 0) is 16.1 Å². The highest BCUT2D eigenvalue weighted by Gasteiger charge is 1.94. The quantitative estimate of drug-likeness (QED) is 0.540. The van der Waals surface area contributed by atoms with Gasteiger partial charge in [0.05, 0.1) is 19.8 Å². The SMILES string of the molecule is CCOc1ccc(CNOCCOC)cc1. The van der Waals surface area contributed by atoms with Crippen LogP contribution in [0.4, 0.5) is 0 Å². The summed E-state index contributed by atoms with van der Waals surface area (Å²) in [6.45, 7) is 4.48. The second-order valence-electron chi connectivity index (χ2n) is 3.24. The third-order valence-corrected chi connectivity index (χ3v) is 2.00. The Morgan fingerprint density at radius 1 is 1.12 bits per heavy atom. The molecule has 1 aromatic carbocycles. The number of hydrogen-bond donors (Lipinski definition) is 1. The molecule has 90 valence electrons. The zero-order chi connectivity index (χ0) is 11.6. The van der Waals surface area contributed by atoms with Crippen molar-refractivity contribution in [2.45, 2.75) is 13.5 Å². The standard InChI is InChI=1S/C12H19NO3/c1-3-15-12-6-4-11(5-7-12)10-13-16-9-8-14-2/h4-7,13H,3,8-10H2,1-2H3. The van der Waals surface area contributed by atoms with E-state index in [2.05, 4.69) is 5.48 Å². The smallest absolute Gasteiger partial charge is 0.119 e. The molecule has 4 nitrogen and oxygen atoms in total. The van der Waals surface area contributed by atoms with Crippen LogP contribution in [0.2, 0.25) is 0 Å². The van der Waals surface area contributed by atoms with Crippen molar-refractivity contribution >= 4 is 0 Å². The molecule has 16 heavy (non-hydrogen) atoms. The first-order valence-corrected chi connectivity index (χ1v) is 5.42. The molecule has 0 saturated carbocycles. The van der Waals surface area contributed by atoms with Gasteiger partial charge in [-0.25, -0.2) is 0 Å². The van der Waals surface area contributed by atoms with E-state index in [9.17, 15) is 0 Å². The first-order chi connectivity index (χ1) is 7.86. The molecule has 0 saturated heterocycles. The molecular formula is C12H19NO3. The number of hydroxylamine groups is 1. The van der Waals surface area contributed by atoms with Gasteiger partial charge in [-0.05, 0) is 24.6 Å². The van der Waals surface area contributed by atoms with Crippen molar-refractivity contribution in [1.82, 2.24) is 5.48 Å². The van der Waals surface area contributed by atoms with Gasteiger partial charge in [-0.3, -0.25) is 4.84 Å². The maximum absolute atomic E-state index is 5.35. The Morgan fingerprint density at radius 2 is 1.88 bits per heavy atom. The van der Waals surface area contributed by atoms with Crippen molar-refractivity contribution < 1.29 is 14.3 Å². The van der Waals surface area contributed by atoms with E-state index in [0.29, 0.717) is 26.4 Å². The van der Waals surface area contributed by atoms with Crippen molar-refractivity contribution in [2.75, 3.05) is 26.9 Å². The molecular weight excluding hydrogens is 206 g/mol. The molecule has 0 spiro atoms.